The third-order valence-corrected chi connectivity index (χ3v) is 6.12. The second-order valence-electron chi connectivity index (χ2n) is 8.13. The number of guanidine groups is 1. The van der Waals surface area contributed by atoms with Crippen LogP contribution in [0.5, 0.6) is 0 Å². The molecule has 1 heterocycles. The minimum absolute atomic E-state index is 0. The van der Waals surface area contributed by atoms with Crippen LogP contribution in [0.3, 0.4) is 0 Å². The van der Waals surface area contributed by atoms with Gasteiger partial charge >= 0.3 is 6.18 Å². The molecule has 1 saturated heterocycles. The van der Waals surface area contributed by atoms with E-state index in [0.29, 0.717) is 37.3 Å². The molecule has 2 saturated carbocycles. The number of nitrogens with zero attached hydrogens (tertiary/aromatic N) is 2. The van der Waals surface area contributed by atoms with E-state index >= 15 is 0 Å². The van der Waals surface area contributed by atoms with E-state index in [1.54, 1.807) is 7.05 Å². The van der Waals surface area contributed by atoms with E-state index in [0.717, 1.165) is 25.1 Å². The molecule has 2 atom stereocenters. The Kier molecular flexibility index (Phi) is 7.88. The quantitative estimate of drug-likeness (QED) is 0.361. The molecule has 2 aliphatic carbocycles. The standard InChI is InChI=1S/C18H31F3N4.HI/c1-12-10-25(15-7-8-15)11-16(12)24-17(22-2)23-9-13-3-5-14(6-4-13)18(19,20)21;/h12-16H,3-11H2,1-2H3,(H2,22,23,24);1H. The van der Waals surface area contributed by atoms with Gasteiger partial charge in [0.15, 0.2) is 5.96 Å². The maximum absolute atomic E-state index is 12.7. The molecule has 152 valence electrons. The van der Waals surface area contributed by atoms with Gasteiger partial charge in [-0.3, -0.25) is 9.89 Å². The lowest BCUT2D eigenvalue weighted by Crippen LogP contribution is -2.48. The van der Waals surface area contributed by atoms with Gasteiger partial charge in [-0.25, -0.2) is 0 Å². The van der Waals surface area contributed by atoms with Crippen molar-refractivity contribution < 1.29 is 13.2 Å². The molecule has 3 rings (SSSR count). The van der Waals surface area contributed by atoms with E-state index in [1.807, 2.05) is 0 Å². The summed E-state index contributed by atoms with van der Waals surface area (Å²) in [4.78, 5) is 6.87. The van der Waals surface area contributed by atoms with Gasteiger partial charge in [-0.1, -0.05) is 6.92 Å². The van der Waals surface area contributed by atoms with Crippen molar-refractivity contribution in [3.8, 4) is 0 Å². The van der Waals surface area contributed by atoms with Crippen LogP contribution in [0.15, 0.2) is 4.99 Å². The number of halogens is 4. The second kappa shape index (κ2) is 9.30. The van der Waals surface area contributed by atoms with Crippen LogP contribution in [0.4, 0.5) is 13.2 Å². The molecule has 26 heavy (non-hydrogen) atoms. The molecule has 0 amide bonds. The highest BCUT2D eigenvalue weighted by molar-refractivity contribution is 14.0. The molecule has 2 unspecified atom stereocenters. The minimum atomic E-state index is -4.03. The van der Waals surface area contributed by atoms with E-state index in [1.165, 1.54) is 12.8 Å². The first-order valence-corrected chi connectivity index (χ1v) is 9.64. The second-order valence-corrected chi connectivity index (χ2v) is 8.13. The Morgan fingerprint density at radius 1 is 1.08 bits per heavy atom. The van der Waals surface area contributed by atoms with Crippen LogP contribution < -0.4 is 10.6 Å². The predicted octanol–water partition coefficient (Wildman–Crippen LogP) is 3.62. The number of hydrogen-bond donors (Lipinski definition) is 2. The summed E-state index contributed by atoms with van der Waals surface area (Å²) in [6.45, 7) is 5.17. The summed E-state index contributed by atoms with van der Waals surface area (Å²) in [5.74, 6) is 0.573. The van der Waals surface area contributed by atoms with Crippen molar-refractivity contribution >= 4 is 29.9 Å². The molecule has 0 aromatic carbocycles. The maximum atomic E-state index is 12.7. The van der Waals surface area contributed by atoms with Gasteiger partial charge in [0.1, 0.15) is 0 Å². The molecule has 1 aliphatic heterocycles. The van der Waals surface area contributed by atoms with Crippen LogP contribution in [-0.4, -0.2) is 55.8 Å². The zero-order valence-electron chi connectivity index (χ0n) is 15.7. The van der Waals surface area contributed by atoms with Gasteiger partial charge in [-0.05, 0) is 50.4 Å². The number of likely N-dealkylation sites (tertiary alicyclic amines) is 1. The monoisotopic (exact) mass is 488 g/mol. The Morgan fingerprint density at radius 3 is 2.27 bits per heavy atom. The van der Waals surface area contributed by atoms with Crippen molar-refractivity contribution in [1.29, 1.82) is 0 Å². The number of alkyl halides is 3. The topological polar surface area (TPSA) is 39.7 Å². The Morgan fingerprint density at radius 2 is 1.73 bits per heavy atom. The largest absolute Gasteiger partial charge is 0.391 e. The predicted molar refractivity (Wildman–Crippen MR) is 109 cm³/mol. The zero-order valence-corrected chi connectivity index (χ0v) is 18.0. The van der Waals surface area contributed by atoms with Gasteiger partial charge in [0, 0.05) is 38.8 Å². The Bertz CT molecular complexity index is 474. The van der Waals surface area contributed by atoms with Crippen LogP contribution in [0.25, 0.3) is 0 Å². The average molecular weight is 488 g/mol. The highest BCUT2D eigenvalue weighted by Gasteiger charge is 2.41. The van der Waals surface area contributed by atoms with E-state index in [9.17, 15) is 13.2 Å². The van der Waals surface area contributed by atoms with Crippen molar-refractivity contribution in [2.45, 2.75) is 63.7 Å². The molecule has 4 nitrogen and oxygen atoms in total. The Labute approximate surface area is 171 Å². The van der Waals surface area contributed by atoms with Crippen LogP contribution in [0.2, 0.25) is 0 Å². The van der Waals surface area contributed by atoms with Gasteiger partial charge < -0.3 is 10.6 Å². The lowest BCUT2D eigenvalue weighted by molar-refractivity contribution is -0.183. The Balaban J connectivity index is 0.00000243. The third-order valence-electron chi connectivity index (χ3n) is 6.12. The fraction of sp³-hybridized carbons (Fsp3) is 0.944. The lowest BCUT2D eigenvalue weighted by Gasteiger charge is -2.30. The number of rotatable bonds is 4. The van der Waals surface area contributed by atoms with E-state index < -0.39 is 12.1 Å². The molecule has 3 fully saturated rings. The van der Waals surface area contributed by atoms with Gasteiger partial charge in [0.2, 0.25) is 0 Å². The minimum Gasteiger partial charge on any atom is -0.356 e. The summed E-state index contributed by atoms with van der Waals surface area (Å²) in [5.41, 5.74) is 0. The van der Waals surface area contributed by atoms with Crippen molar-refractivity contribution in [2.24, 2.45) is 22.7 Å². The first-order valence-electron chi connectivity index (χ1n) is 9.64. The fourth-order valence-electron chi connectivity index (χ4n) is 4.24. The van der Waals surface area contributed by atoms with Crippen LogP contribution in [0, 0.1) is 17.8 Å². The lowest BCUT2D eigenvalue weighted by atomic mass is 9.81. The van der Waals surface area contributed by atoms with Crippen molar-refractivity contribution in [2.75, 3.05) is 26.7 Å². The summed E-state index contributed by atoms with van der Waals surface area (Å²) in [5, 5.41) is 6.86. The van der Waals surface area contributed by atoms with Gasteiger partial charge in [0.05, 0.1) is 5.92 Å². The highest BCUT2D eigenvalue weighted by atomic mass is 127. The molecule has 0 bridgehead atoms. The van der Waals surface area contributed by atoms with Crippen molar-refractivity contribution in [3.63, 3.8) is 0 Å². The SMILES string of the molecule is CN=C(NCC1CCC(C(F)(F)F)CC1)NC1CN(C2CC2)CC1C.I. The number of hydrogen-bond acceptors (Lipinski definition) is 2. The molecule has 8 heteroatoms. The molecule has 0 aromatic rings. The van der Waals surface area contributed by atoms with Crippen LogP contribution >= 0.6 is 24.0 Å². The van der Waals surface area contributed by atoms with Crippen molar-refractivity contribution in [1.82, 2.24) is 15.5 Å². The number of nitrogens with one attached hydrogen (secondary N) is 2. The summed E-state index contributed by atoms with van der Waals surface area (Å²) in [7, 11) is 1.76. The van der Waals surface area contributed by atoms with E-state index in [2.05, 4.69) is 27.4 Å². The van der Waals surface area contributed by atoms with Crippen LogP contribution in [0.1, 0.15) is 45.4 Å². The van der Waals surface area contributed by atoms with E-state index in [4.69, 9.17) is 0 Å². The molecular weight excluding hydrogens is 456 g/mol. The van der Waals surface area contributed by atoms with Gasteiger partial charge in [0.25, 0.3) is 0 Å². The summed E-state index contributed by atoms with van der Waals surface area (Å²) in [6, 6.07) is 1.18. The normalized spacial score (nSPS) is 33.7. The highest BCUT2D eigenvalue weighted by Crippen LogP contribution is 2.39. The Hall–Kier alpha value is -0.250. The summed E-state index contributed by atoms with van der Waals surface area (Å²) < 4.78 is 38.2. The van der Waals surface area contributed by atoms with E-state index in [-0.39, 0.29) is 36.8 Å². The number of aliphatic imine (C=N–C) groups is 1. The molecule has 0 spiro atoms. The summed E-state index contributed by atoms with van der Waals surface area (Å²) in [6.07, 6.45) is 0.435. The first kappa shape index (κ1) is 22.0. The molecule has 3 aliphatic rings. The molecule has 2 N–H and O–H groups in total. The average Bonchev–Trinajstić information content (AvgIpc) is 3.35. The third kappa shape index (κ3) is 5.87. The van der Waals surface area contributed by atoms with Crippen LogP contribution in [-0.2, 0) is 0 Å². The molecular formula is C18H32F3IN4. The summed E-state index contributed by atoms with van der Waals surface area (Å²) >= 11 is 0. The van der Waals surface area contributed by atoms with Gasteiger partial charge in [-0.2, -0.15) is 13.2 Å². The zero-order chi connectivity index (χ0) is 18.0. The first-order chi connectivity index (χ1) is 11.9. The smallest absolute Gasteiger partial charge is 0.356 e. The molecule has 0 aromatic heterocycles. The van der Waals surface area contributed by atoms with Crippen molar-refractivity contribution in [3.05, 3.63) is 0 Å². The van der Waals surface area contributed by atoms with Gasteiger partial charge in [-0.15, -0.1) is 24.0 Å². The maximum Gasteiger partial charge on any atom is 0.391 e. The molecule has 0 radical (unpaired) electrons. The fourth-order valence-corrected chi connectivity index (χ4v) is 4.24.